The Bertz CT molecular complexity index is 543. The number of unbranched alkanes of at least 4 members (excludes halogenated alkanes) is 1. The summed E-state index contributed by atoms with van der Waals surface area (Å²) in [6.07, 6.45) is 9.20. The molecule has 0 unspecified atom stereocenters. The first-order valence-corrected chi connectivity index (χ1v) is 14.7. The Morgan fingerprint density at radius 3 is 2.58 bits per heavy atom. The number of allylic oxidation sites excluding steroid dienone is 1. The molecule has 0 radical (unpaired) electrons. The Balaban J connectivity index is 2.45. The number of hydrogen-bond donors (Lipinski definition) is 0. The molecule has 1 heterocycles. The van der Waals surface area contributed by atoms with E-state index in [0.29, 0.717) is 6.61 Å². The molecule has 6 nitrogen and oxygen atoms in total. The van der Waals surface area contributed by atoms with Crippen LogP contribution in [-0.2, 0) is 28.2 Å². The van der Waals surface area contributed by atoms with Crippen molar-refractivity contribution in [1.82, 2.24) is 0 Å². The maximum absolute atomic E-state index is 11.9. The van der Waals surface area contributed by atoms with Crippen molar-refractivity contribution in [1.29, 1.82) is 0 Å². The number of ether oxygens (including phenoxy) is 4. The fourth-order valence-corrected chi connectivity index (χ4v) is 4.93. The molecule has 1 aliphatic rings. The van der Waals surface area contributed by atoms with Crippen molar-refractivity contribution in [3.05, 3.63) is 12.2 Å². The monoisotopic (exact) mass is 458 g/mol. The molecule has 4 atom stereocenters. The van der Waals surface area contributed by atoms with Crippen molar-refractivity contribution in [2.75, 3.05) is 20.5 Å². The molecule has 0 amide bonds. The first kappa shape index (κ1) is 28.3. The van der Waals surface area contributed by atoms with E-state index in [4.69, 9.17) is 23.4 Å². The predicted molar refractivity (Wildman–Crippen MR) is 127 cm³/mol. The SMILES string of the molecule is CCOC(=O)C[C@H]1O[C@@H](/C=C/CCC[C@H](C)O[Si](C)(C)C(C)(C)C)CC[C@@H]1OCOC. The lowest BCUT2D eigenvalue weighted by molar-refractivity contribution is -0.175. The van der Waals surface area contributed by atoms with E-state index in [1.807, 2.05) is 6.92 Å². The van der Waals surface area contributed by atoms with E-state index in [2.05, 4.69) is 52.9 Å². The molecule has 0 spiro atoms. The van der Waals surface area contributed by atoms with E-state index in [1.165, 1.54) is 0 Å². The Labute approximate surface area is 191 Å². The van der Waals surface area contributed by atoms with Crippen LogP contribution in [0.4, 0.5) is 0 Å². The van der Waals surface area contributed by atoms with E-state index >= 15 is 0 Å². The molecule has 182 valence electrons. The Kier molecular flexibility index (Phi) is 12.5. The molecule has 0 bridgehead atoms. The number of esters is 1. The second-order valence-corrected chi connectivity index (χ2v) is 14.7. The molecule has 1 aliphatic heterocycles. The van der Waals surface area contributed by atoms with Gasteiger partial charge in [-0.25, -0.2) is 0 Å². The van der Waals surface area contributed by atoms with E-state index in [1.54, 1.807) is 7.11 Å². The maximum atomic E-state index is 11.9. The smallest absolute Gasteiger partial charge is 0.308 e. The van der Waals surface area contributed by atoms with Gasteiger partial charge in [0.1, 0.15) is 6.79 Å². The van der Waals surface area contributed by atoms with Gasteiger partial charge >= 0.3 is 5.97 Å². The minimum absolute atomic E-state index is 0.00252. The van der Waals surface area contributed by atoms with Crippen LogP contribution in [0.15, 0.2) is 12.2 Å². The van der Waals surface area contributed by atoms with Gasteiger partial charge in [-0.1, -0.05) is 32.9 Å². The van der Waals surface area contributed by atoms with Crippen molar-refractivity contribution in [3.63, 3.8) is 0 Å². The fourth-order valence-electron chi connectivity index (χ4n) is 3.46. The van der Waals surface area contributed by atoms with Gasteiger partial charge in [0, 0.05) is 13.2 Å². The molecule has 0 aromatic heterocycles. The summed E-state index contributed by atoms with van der Waals surface area (Å²) in [4.78, 5) is 11.9. The molecular formula is C24H46O6Si. The molecule has 7 heteroatoms. The number of carbonyl (C=O) groups is 1. The van der Waals surface area contributed by atoms with Gasteiger partial charge in [0.25, 0.3) is 0 Å². The molecule has 1 fully saturated rings. The van der Waals surface area contributed by atoms with Crippen LogP contribution in [0.2, 0.25) is 18.1 Å². The van der Waals surface area contributed by atoms with E-state index < -0.39 is 8.32 Å². The zero-order valence-electron chi connectivity index (χ0n) is 21.1. The Hall–Kier alpha value is -0.733. The minimum atomic E-state index is -1.70. The number of rotatable bonds is 13. The summed E-state index contributed by atoms with van der Waals surface area (Å²) in [6.45, 7) is 16.0. The lowest BCUT2D eigenvalue weighted by Crippen LogP contribution is -2.43. The summed E-state index contributed by atoms with van der Waals surface area (Å²) in [5.41, 5.74) is 0. The maximum Gasteiger partial charge on any atom is 0.308 e. The quantitative estimate of drug-likeness (QED) is 0.117. The molecule has 0 aromatic rings. The highest BCUT2D eigenvalue weighted by Gasteiger charge is 2.38. The van der Waals surface area contributed by atoms with Crippen molar-refractivity contribution in [2.24, 2.45) is 0 Å². The van der Waals surface area contributed by atoms with Gasteiger partial charge in [0.05, 0.1) is 31.3 Å². The molecule has 1 saturated heterocycles. The van der Waals surface area contributed by atoms with E-state index in [-0.39, 0.29) is 48.6 Å². The summed E-state index contributed by atoms with van der Waals surface area (Å²) >= 11 is 0. The highest BCUT2D eigenvalue weighted by molar-refractivity contribution is 6.74. The predicted octanol–water partition coefficient (Wildman–Crippen LogP) is 5.61. The topological polar surface area (TPSA) is 63.2 Å². The average Bonchev–Trinajstić information content (AvgIpc) is 2.66. The molecule has 0 aromatic carbocycles. The summed E-state index contributed by atoms with van der Waals surface area (Å²) in [5, 5.41) is 0.240. The molecule has 0 N–H and O–H groups in total. The van der Waals surface area contributed by atoms with Crippen molar-refractivity contribution < 1.29 is 28.2 Å². The lowest BCUT2D eigenvalue weighted by Gasteiger charge is -2.38. The van der Waals surface area contributed by atoms with Crippen LogP contribution in [0.3, 0.4) is 0 Å². The second-order valence-electron chi connectivity index (χ2n) is 9.96. The molecule has 31 heavy (non-hydrogen) atoms. The fraction of sp³-hybridized carbons (Fsp3) is 0.875. The Morgan fingerprint density at radius 2 is 1.97 bits per heavy atom. The summed E-state index contributed by atoms with van der Waals surface area (Å²) < 4.78 is 28.4. The van der Waals surface area contributed by atoms with Crippen molar-refractivity contribution >= 4 is 14.3 Å². The minimum Gasteiger partial charge on any atom is -0.466 e. The van der Waals surface area contributed by atoms with Gasteiger partial charge in [0.15, 0.2) is 8.32 Å². The summed E-state index contributed by atoms with van der Waals surface area (Å²) in [5.74, 6) is -0.251. The first-order chi connectivity index (χ1) is 14.5. The van der Waals surface area contributed by atoms with Gasteiger partial charge in [-0.2, -0.15) is 0 Å². The lowest BCUT2D eigenvalue weighted by atomic mass is 9.98. The first-order valence-electron chi connectivity index (χ1n) is 11.8. The van der Waals surface area contributed by atoms with E-state index in [0.717, 1.165) is 32.1 Å². The number of carbonyl (C=O) groups excluding carboxylic acids is 1. The number of methoxy groups -OCH3 is 1. The van der Waals surface area contributed by atoms with Gasteiger partial charge in [-0.05, 0) is 64.1 Å². The summed E-state index contributed by atoms with van der Waals surface area (Å²) in [7, 11) is -0.112. The standard InChI is InChI=1S/C24H46O6Si/c1-9-27-23(25)17-22-21(28-18-26-6)16-15-20(29-22)14-12-10-11-13-19(2)30-31(7,8)24(3,4)5/h12,14,19-22H,9-11,13,15-18H2,1-8H3/b14-12+/t19-,20-,21-,22+/m0/s1. The van der Waals surface area contributed by atoms with Crippen LogP contribution in [0.5, 0.6) is 0 Å². The zero-order valence-corrected chi connectivity index (χ0v) is 22.1. The normalized spacial score (nSPS) is 23.8. The third-order valence-electron chi connectivity index (χ3n) is 6.21. The molecule has 0 aliphatic carbocycles. The highest BCUT2D eigenvalue weighted by Crippen LogP contribution is 2.37. The van der Waals surface area contributed by atoms with Crippen LogP contribution in [-0.4, -0.2) is 59.2 Å². The number of hydrogen-bond acceptors (Lipinski definition) is 6. The van der Waals surface area contributed by atoms with Crippen LogP contribution in [0.25, 0.3) is 0 Å². The van der Waals surface area contributed by atoms with Gasteiger partial charge in [0.2, 0.25) is 0 Å². The largest absolute Gasteiger partial charge is 0.466 e. The van der Waals surface area contributed by atoms with E-state index in [9.17, 15) is 4.79 Å². The van der Waals surface area contributed by atoms with Gasteiger partial charge in [-0.3, -0.25) is 4.79 Å². The summed E-state index contributed by atoms with van der Waals surface area (Å²) in [6, 6.07) is 0. The molecule has 1 rings (SSSR count). The molecule has 0 saturated carbocycles. The van der Waals surface area contributed by atoms with Crippen LogP contribution >= 0.6 is 0 Å². The highest BCUT2D eigenvalue weighted by atomic mass is 28.4. The van der Waals surface area contributed by atoms with Gasteiger partial charge < -0.3 is 23.4 Å². The third-order valence-corrected chi connectivity index (χ3v) is 10.8. The molecular weight excluding hydrogens is 412 g/mol. The van der Waals surface area contributed by atoms with Crippen LogP contribution in [0.1, 0.15) is 73.1 Å². The zero-order chi connectivity index (χ0) is 23.5. The van der Waals surface area contributed by atoms with Gasteiger partial charge in [-0.15, -0.1) is 0 Å². The average molecular weight is 459 g/mol. The van der Waals surface area contributed by atoms with Crippen LogP contribution in [0, 0.1) is 0 Å². The van der Waals surface area contributed by atoms with Crippen LogP contribution < -0.4 is 0 Å². The van der Waals surface area contributed by atoms with Crippen molar-refractivity contribution in [3.8, 4) is 0 Å². The third kappa shape index (κ3) is 10.6. The van der Waals surface area contributed by atoms with Crippen molar-refractivity contribution in [2.45, 2.75) is 116 Å². The second kappa shape index (κ2) is 13.7. The Morgan fingerprint density at radius 1 is 1.26 bits per heavy atom.